The Labute approximate surface area is 158 Å². The Balaban J connectivity index is 1.58. The van der Waals surface area contributed by atoms with Gasteiger partial charge < -0.3 is 10.2 Å². The number of likely N-dealkylation sites (tertiary alicyclic amines) is 1. The molecular weight excluding hydrogens is 346 g/mol. The van der Waals surface area contributed by atoms with Crippen molar-refractivity contribution in [3.63, 3.8) is 0 Å². The number of nitrogens with one attached hydrogen (secondary N) is 1. The van der Waals surface area contributed by atoms with Crippen LogP contribution in [0.25, 0.3) is 0 Å². The van der Waals surface area contributed by atoms with Crippen molar-refractivity contribution in [3.05, 3.63) is 29.8 Å². The minimum atomic E-state index is -0.767. The summed E-state index contributed by atoms with van der Waals surface area (Å²) in [6.07, 6.45) is 0.840. The van der Waals surface area contributed by atoms with Crippen molar-refractivity contribution in [1.29, 1.82) is 0 Å². The van der Waals surface area contributed by atoms with Gasteiger partial charge in [0, 0.05) is 37.5 Å². The molecule has 1 aromatic rings. The summed E-state index contributed by atoms with van der Waals surface area (Å²) in [4.78, 5) is 51.4. The third-order valence-electron chi connectivity index (χ3n) is 5.20. The molecule has 1 saturated heterocycles. The molecule has 2 aliphatic rings. The van der Waals surface area contributed by atoms with Gasteiger partial charge in [0.2, 0.25) is 17.7 Å². The number of para-hydroxylation sites is 1. The van der Waals surface area contributed by atoms with Crippen molar-refractivity contribution in [2.45, 2.75) is 58.0 Å². The third-order valence-corrected chi connectivity index (χ3v) is 5.20. The molecule has 0 saturated carbocycles. The molecule has 7 heteroatoms. The molecule has 7 nitrogen and oxygen atoms in total. The molecular formula is C20H25N3O4. The van der Waals surface area contributed by atoms with Gasteiger partial charge in [-0.2, -0.15) is 0 Å². The Hall–Kier alpha value is -2.70. The van der Waals surface area contributed by atoms with Crippen molar-refractivity contribution in [2.75, 3.05) is 11.4 Å². The number of anilines is 1. The van der Waals surface area contributed by atoms with Crippen LogP contribution in [0.4, 0.5) is 5.69 Å². The lowest BCUT2D eigenvalue weighted by Crippen LogP contribution is -2.43. The fourth-order valence-corrected chi connectivity index (χ4v) is 3.92. The van der Waals surface area contributed by atoms with Gasteiger partial charge in [0.1, 0.15) is 6.04 Å². The molecule has 2 atom stereocenters. The van der Waals surface area contributed by atoms with E-state index in [2.05, 4.69) is 5.32 Å². The van der Waals surface area contributed by atoms with Gasteiger partial charge in [-0.05, 0) is 31.9 Å². The summed E-state index contributed by atoms with van der Waals surface area (Å²) in [5.74, 6) is -0.757. The molecule has 1 fully saturated rings. The van der Waals surface area contributed by atoms with E-state index in [1.54, 1.807) is 18.7 Å². The zero-order chi connectivity index (χ0) is 19.7. The highest BCUT2D eigenvalue weighted by Crippen LogP contribution is 2.38. The van der Waals surface area contributed by atoms with E-state index in [1.807, 2.05) is 24.3 Å². The van der Waals surface area contributed by atoms with Crippen LogP contribution in [0.1, 0.15) is 51.5 Å². The standard InChI is InChI=1S/C20H25N3O4/c1-12(2)23-19(26)10-16(20(23)27)21-18(25)9-8-14-11-22(13(3)24)17-7-5-4-6-15(14)17/h4-7,12,14,16H,8-11H2,1-3H3,(H,21,25). The van der Waals surface area contributed by atoms with E-state index in [0.717, 1.165) is 11.3 Å². The zero-order valence-electron chi connectivity index (χ0n) is 15.9. The Kier molecular flexibility index (Phi) is 5.30. The first-order valence-electron chi connectivity index (χ1n) is 9.32. The molecule has 0 bridgehead atoms. The van der Waals surface area contributed by atoms with Gasteiger partial charge in [-0.25, -0.2) is 0 Å². The van der Waals surface area contributed by atoms with E-state index in [1.165, 1.54) is 11.8 Å². The van der Waals surface area contributed by atoms with Crippen molar-refractivity contribution in [3.8, 4) is 0 Å². The average molecular weight is 371 g/mol. The Morgan fingerprint density at radius 3 is 2.56 bits per heavy atom. The molecule has 2 heterocycles. The molecule has 2 aliphatic heterocycles. The Morgan fingerprint density at radius 2 is 1.93 bits per heavy atom. The van der Waals surface area contributed by atoms with Crippen molar-refractivity contribution < 1.29 is 19.2 Å². The number of amides is 4. The van der Waals surface area contributed by atoms with Crippen LogP contribution >= 0.6 is 0 Å². The molecule has 1 N–H and O–H groups in total. The Morgan fingerprint density at radius 1 is 1.22 bits per heavy atom. The molecule has 0 aliphatic carbocycles. The van der Waals surface area contributed by atoms with Crippen molar-refractivity contribution in [2.24, 2.45) is 0 Å². The van der Waals surface area contributed by atoms with Crippen LogP contribution in [0.2, 0.25) is 0 Å². The van der Waals surface area contributed by atoms with Gasteiger partial charge in [0.15, 0.2) is 0 Å². The number of carbonyl (C=O) groups excluding carboxylic acids is 4. The number of imide groups is 1. The minimum absolute atomic E-state index is 0.0155. The van der Waals surface area contributed by atoms with Crippen molar-refractivity contribution >= 4 is 29.3 Å². The lowest BCUT2D eigenvalue weighted by atomic mass is 9.96. The number of fused-ring (bicyclic) bond motifs is 1. The first-order chi connectivity index (χ1) is 12.8. The van der Waals surface area contributed by atoms with Crippen LogP contribution in [0.3, 0.4) is 0 Å². The lowest BCUT2D eigenvalue weighted by Gasteiger charge is -2.19. The second-order valence-corrected chi connectivity index (χ2v) is 7.44. The second-order valence-electron chi connectivity index (χ2n) is 7.44. The summed E-state index contributed by atoms with van der Waals surface area (Å²) in [6.45, 7) is 5.65. The molecule has 1 aromatic carbocycles. The lowest BCUT2D eigenvalue weighted by molar-refractivity contribution is -0.141. The normalized spacial score (nSPS) is 21.8. The average Bonchev–Trinajstić information content (AvgIpc) is 3.11. The Bertz CT molecular complexity index is 789. The first kappa shape index (κ1) is 19.1. The summed E-state index contributed by atoms with van der Waals surface area (Å²) < 4.78 is 0. The van der Waals surface area contributed by atoms with Crippen LogP contribution in [0, 0.1) is 0 Å². The van der Waals surface area contributed by atoms with Gasteiger partial charge in [0.05, 0.1) is 6.42 Å². The van der Waals surface area contributed by atoms with Gasteiger partial charge >= 0.3 is 0 Å². The first-order valence-corrected chi connectivity index (χ1v) is 9.32. The summed E-state index contributed by atoms with van der Waals surface area (Å²) in [6, 6.07) is 6.75. The third kappa shape index (κ3) is 3.72. The summed E-state index contributed by atoms with van der Waals surface area (Å²) in [7, 11) is 0. The van der Waals surface area contributed by atoms with Crippen LogP contribution in [-0.4, -0.2) is 47.2 Å². The number of hydrogen-bond acceptors (Lipinski definition) is 4. The van der Waals surface area contributed by atoms with Crippen LogP contribution < -0.4 is 10.2 Å². The predicted molar refractivity (Wildman–Crippen MR) is 100.0 cm³/mol. The van der Waals surface area contributed by atoms with Crippen LogP contribution in [-0.2, 0) is 19.2 Å². The van der Waals surface area contributed by atoms with Crippen LogP contribution in [0.15, 0.2) is 24.3 Å². The quantitative estimate of drug-likeness (QED) is 0.796. The largest absolute Gasteiger partial charge is 0.344 e. The summed E-state index contributed by atoms with van der Waals surface area (Å²) in [5.41, 5.74) is 1.97. The van der Waals surface area contributed by atoms with E-state index >= 15 is 0 Å². The van der Waals surface area contributed by atoms with Crippen LogP contribution in [0.5, 0.6) is 0 Å². The van der Waals surface area contributed by atoms with E-state index in [-0.39, 0.29) is 48.4 Å². The predicted octanol–water partition coefficient (Wildman–Crippen LogP) is 1.57. The minimum Gasteiger partial charge on any atom is -0.344 e. The van der Waals surface area contributed by atoms with Crippen molar-refractivity contribution in [1.82, 2.24) is 10.2 Å². The van der Waals surface area contributed by atoms with E-state index in [9.17, 15) is 19.2 Å². The summed E-state index contributed by atoms with van der Waals surface area (Å²) >= 11 is 0. The molecule has 0 spiro atoms. The van der Waals surface area contributed by atoms with E-state index < -0.39 is 6.04 Å². The highest BCUT2D eigenvalue weighted by Gasteiger charge is 2.40. The molecule has 27 heavy (non-hydrogen) atoms. The number of hydrogen-bond donors (Lipinski definition) is 1. The molecule has 144 valence electrons. The zero-order valence-corrected chi connectivity index (χ0v) is 15.9. The van der Waals surface area contributed by atoms with E-state index in [0.29, 0.717) is 13.0 Å². The maximum Gasteiger partial charge on any atom is 0.252 e. The molecule has 0 aromatic heterocycles. The van der Waals surface area contributed by atoms with Gasteiger partial charge in [0.25, 0.3) is 5.91 Å². The highest BCUT2D eigenvalue weighted by atomic mass is 16.2. The maximum atomic E-state index is 12.3. The SMILES string of the molecule is CC(=O)N1CC(CCC(=O)NC2CC(=O)N(C(C)C)C2=O)c2ccccc21. The van der Waals surface area contributed by atoms with Gasteiger partial charge in [-0.1, -0.05) is 18.2 Å². The number of nitrogens with zero attached hydrogens (tertiary/aromatic N) is 2. The fourth-order valence-electron chi connectivity index (χ4n) is 3.92. The molecule has 3 rings (SSSR count). The smallest absolute Gasteiger partial charge is 0.252 e. The van der Waals surface area contributed by atoms with E-state index in [4.69, 9.17) is 0 Å². The number of carbonyl (C=O) groups is 4. The fraction of sp³-hybridized carbons (Fsp3) is 0.500. The number of benzene rings is 1. The second kappa shape index (κ2) is 7.50. The molecule has 2 unspecified atom stereocenters. The highest BCUT2D eigenvalue weighted by molar-refractivity contribution is 6.07. The number of rotatable bonds is 5. The molecule has 0 radical (unpaired) electrons. The molecule has 4 amide bonds. The monoisotopic (exact) mass is 371 g/mol. The van der Waals surface area contributed by atoms with Gasteiger partial charge in [-0.3, -0.25) is 24.1 Å². The van der Waals surface area contributed by atoms with Gasteiger partial charge in [-0.15, -0.1) is 0 Å². The topological polar surface area (TPSA) is 86.8 Å². The maximum absolute atomic E-state index is 12.3. The summed E-state index contributed by atoms with van der Waals surface area (Å²) in [5, 5.41) is 2.69.